The van der Waals surface area contributed by atoms with E-state index in [0.29, 0.717) is 5.82 Å². The van der Waals surface area contributed by atoms with E-state index in [4.69, 9.17) is 10.8 Å². The molecular formula is C23H26N6O3. The molecule has 9 nitrogen and oxygen atoms in total. The third-order valence-corrected chi connectivity index (χ3v) is 6.48. The van der Waals surface area contributed by atoms with Crippen LogP contribution in [0.25, 0.3) is 5.70 Å². The SMILES string of the molecule is CN1NC(c2ccccc2O)=CC(N2CC3CCC(C2)N3c2ccc(C(=O)O)nc2)=C1N. The topological polar surface area (TPSA) is 118 Å². The van der Waals surface area contributed by atoms with Crippen LogP contribution in [-0.2, 0) is 0 Å². The molecular weight excluding hydrogens is 408 g/mol. The van der Waals surface area contributed by atoms with Crippen molar-refractivity contribution >= 4 is 17.4 Å². The van der Waals surface area contributed by atoms with Gasteiger partial charge in [-0.2, -0.15) is 0 Å². The molecule has 2 fully saturated rings. The maximum Gasteiger partial charge on any atom is 0.354 e. The first-order chi connectivity index (χ1) is 15.4. The number of para-hydroxylation sites is 1. The lowest BCUT2D eigenvalue weighted by Gasteiger charge is -2.45. The van der Waals surface area contributed by atoms with E-state index >= 15 is 0 Å². The summed E-state index contributed by atoms with van der Waals surface area (Å²) >= 11 is 0. The molecule has 2 unspecified atom stereocenters. The van der Waals surface area contributed by atoms with Crippen LogP contribution in [0, 0.1) is 0 Å². The molecule has 0 aliphatic carbocycles. The number of phenolic OH excluding ortho intramolecular Hbond substituents is 1. The van der Waals surface area contributed by atoms with Crippen molar-refractivity contribution in [1.29, 1.82) is 0 Å². The number of carboxylic acid groups (broad SMARTS) is 1. The van der Waals surface area contributed by atoms with Crippen molar-refractivity contribution in [3.8, 4) is 5.75 Å². The van der Waals surface area contributed by atoms with Gasteiger partial charge in [-0.1, -0.05) is 12.1 Å². The van der Waals surface area contributed by atoms with Gasteiger partial charge in [0.05, 0.1) is 23.3 Å². The van der Waals surface area contributed by atoms with Gasteiger partial charge in [-0.15, -0.1) is 0 Å². The van der Waals surface area contributed by atoms with Gasteiger partial charge in [0.2, 0.25) is 0 Å². The molecule has 2 aromatic rings. The Kier molecular flexibility index (Phi) is 4.80. The number of likely N-dealkylation sites (tertiary alicyclic amines) is 1. The fourth-order valence-electron chi connectivity index (χ4n) is 4.93. The Morgan fingerprint density at radius 2 is 1.88 bits per heavy atom. The second-order valence-corrected chi connectivity index (χ2v) is 8.42. The van der Waals surface area contributed by atoms with E-state index in [1.165, 1.54) is 0 Å². The second-order valence-electron chi connectivity index (χ2n) is 8.42. The molecule has 9 heteroatoms. The van der Waals surface area contributed by atoms with Crippen LogP contribution < -0.4 is 16.1 Å². The van der Waals surface area contributed by atoms with Crippen LogP contribution in [0.15, 0.2) is 60.2 Å². The highest BCUT2D eigenvalue weighted by Crippen LogP contribution is 2.37. The summed E-state index contributed by atoms with van der Waals surface area (Å²) in [5.41, 5.74) is 13.1. The van der Waals surface area contributed by atoms with Crippen molar-refractivity contribution in [3.63, 3.8) is 0 Å². The third-order valence-electron chi connectivity index (χ3n) is 6.48. The van der Waals surface area contributed by atoms with Gasteiger partial charge in [0, 0.05) is 37.8 Å². The number of nitrogens with one attached hydrogen (secondary N) is 1. The first kappa shape index (κ1) is 20.0. The normalized spacial score (nSPS) is 22.7. The van der Waals surface area contributed by atoms with E-state index in [2.05, 4.69) is 20.2 Å². The third kappa shape index (κ3) is 3.35. The highest BCUT2D eigenvalue weighted by Gasteiger charge is 2.41. The Labute approximate surface area is 186 Å². The first-order valence-corrected chi connectivity index (χ1v) is 10.6. The number of nitrogens with two attached hydrogens (primary N) is 1. The number of benzene rings is 1. The Bertz CT molecular complexity index is 1100. The van der Waals surface area contributed by atoms with E-state index in [1.54, 1.807) is 29.4 Å². The fraction of sp³-hybridized carbons (Fsp3) is 0.304. The molecule has 1 aromatic carbocycles. The molecule has 3 aliphatic heterocycles. The summed E-state index contributed by atoms with van der Waals surface area (Å²) in [6.07, 6.45) is 5.77. The molecule has 2 saturated heterocycles. The average Bonchev–Trinajstić information content (AvgIpc) is 3.05. The van der Waals surface area contributed by atoms with E-state index in [-0.39, 0.29) is 23.5 Å². The second kappa shape index (κ2) is 7.67. The highest BCUT2D eigenvalue weighted by atomic mass is 16.4. The number of aromatic hydroxyl groups is 1. The minimum Gasteiger partial charge on any atom is -0.507 e. The van der Waals surface area contributed by atoms with Crippen molar-refractivity contribution in [2.24, 2.45) is 5.73 Å². The van der Waals surface area contributed by atoms with Crippen LogP contribution in [0.4, 0.5) is 5.69 Å². The summed E-state index contributed by atoms with van der Waals surface area (Å²) in [6, 6.07) is 11.2. The lowest BCUT2D eigenvalue weighted by Crippen LogP contribution is -2.54. The number of fused-ring (bicyclic) bond motifs is 2. The number of pyridine rings is 1. The molecule has 0 spiro atoms. The minimum absolute atomic E-state index is 0.0530. The predicted octanol–water partition coefficient (Wildman–Crippen LogP) is 1.76. The van der Waals surface area contributed by atoms with Gasteiger partial charge in [-0.25, -0.2) is 9.78 Å². The van der Waals surface area contributed by atoms with Crippen LogP contribution in [0.5, 0.6) is 5.75 Å². The van der Waals surface area contributed by atoms with Crippen LogP contribution in [-0.4, -0.2) is 63.3 Å². The standard InChI is InChI=1S/C23H26N6O3/c1-27-22(24)20(10-19(26-27)17-4-2-3-5-21(17)30)28-12-15-6-7-16(13-28)29(15)14-8-9-18(23(31)32)25-11-14/h2-5,8-11,15-16,26,30H,6-7,12-13,24H2,1H3,(H,31,32). The summed E-state index contributed by atoms with van der Waals surface area (Å²) in [6.45, 7) is 1.59. The fourth-order valence-corrected chi connectivity index (χ4v) is 4.93. The first-order valence-electron chi connectivity index (χ1n) is 10.6. The molecule has 2 atom stereocenters. The molecule has 166 valence electrons. The molecule has 1 aromatic heterocycles. The highest BCUT2D eigenvalue weighted by molar-refractivity contribution is 5.85. The maximum absolute atomic E-state index is 11.1. The monoisotopic (exact) mass is 434 g/mol. The number of piperazine rings is 1. The lowest BCUT2D eigenvalue weighted by atomic mass is 10.1. The van der Waals surface area contributed by atoms with E-state index in [1.807, 2.05) is 31.3 Å². The number of phenols is 1. The number of hydrogen-bond donors (Lipinski definition) is 4. The zero-order chi connectivity index (χ0) is 22.4. The molecule has 4 heterocycles. The average molecular weight is 435 g/mol. The van der Waals surface area contributed by atoms with Crippen LogP contribution in [0.2, 0.25) is 0 Å². The molecule has 0 amide bonds. The summed E-state index contributed by atoms with van der Waals surface area (Å²) in [4.78, 5) is 19.9. The summed E-state index contributed by atoms with van der Waals surface area (Å²) in [5, 5.41) is 21.2. The van der Waals surface area contributed by atoms with Gasteiger partial charge in [0.15, 0.2) is 0 Å². The number of carbonyl (C=O) groups is 1. The Hall–Kier alpha value is -3.88. The number of carboxylic acids is 1. The predicted molar refractivity (Wildman–Crippen MR) is 120 cm³/mol. The minimum atomic E-state index is -1.02. The number of allylic oxidation sites excluding steroid dienone is 1. The van der Waals surface area contributed by atoms with E-state index < -0.39 is 5.97 Å². The summed E-state index contributed by atoms with van der Waals surface area (Å²) < 4.78 is 0. The van der Waals surface area contributed by atoms with Gasteiger partial charge in [0.25, 0.3) is 0 Å². The molecule has 2 bridgehead atoms. The Morgan fingerprint density at radius 3 is 2.50 bits per heavy atom. The van der Waals surface area contributed by atoms with Crippen molar-refractivity contribution in [1.82, 2.24) is 20.3 Å². The van der Waals surface area contributed by atoms with Crippen molar-refractivity contribution in [2.45, 2.75) is 24.9 Å². The number of aromatic nitrogens is 1. The number of anilines is 1. The number of hydrazine groups is 1. The Balaban J connectivity index is 1.41. The number of nitrogens with zero attached hydrogens (tertiary/aromatic N) is 4. The molecule has 0 radical (unpaired) electrons. The number of hydrogen-bond acceptors (Lipinski definition) is 8. The molecule has 5 N–H and O–H groups in total. The molecule has 0 saturated carbocycles. The van der Waals surface area contributed by atoms with Gasteiger partial charge in [-0.05, 0) is 43.2 Å². The van der Waals surface area contributed by atoms with E-state index in [9.17, 15) is 9.90 Å². The van der Waals surface area contributed by atoms with Crippen LogP contribution >= 0.6 is 0 Å². The quantitative estimate of drug-likeness (QED) is 0.571. The number of aromatic carboxylic acids is 1. The summed E-state index contributed by atoms with van der Waals surface area (Å²) in [7, 11) is 1.86. The van der Waals surface area contributed by atoms with Gasteiger partial charge in [-0.3, -0.25) is 10.4 Å². The molecule has 32 heavy (non-hydrogen) atoms. The smallest absolute Gasteiger partial charge is 0.354 e. The van der Waals surface area contributed by atoms with Gasteiger partial charge < -0.3 is 25.7 Å². The van der Waals surface area contributed by atoms with Gasteiger partial charge >= 0.3 is 5.97 Å². The van der Waals surface area contributed by atoms with Crippen LogP contribution in [0.3, 0.4) is 0 Å². The largest absolute Gasteiger partial charge is 0.507 e. The number of rotatable bonds is 4. The Morgan fingerprint density at radius 1 is 1.16 bits per heavy atom. The summed E-state index contributed by atoms with van der Waals surface area (Å²) in [5.74, 6) is -0.181. The van der Waals surface area contributed by atoms with Crippen molar-refractivity contribution in [3.05, 3.63) is 71.4 Å². The zero-order valence-electron chi connectivity index (χ0n) is 17.8. The molecule has 5 rings (SSSR count). The van der Waals surface area contributed by atoms with Crippen LogP contribution in [0.1, 0.15) is 28.9 Å². The van der Waals surface area contributed by atoms with Gasteiger partial charge in [0.1, 0.15) is 17.3 Å². The lowest BCUT2D eigenvalue weighted by molar-refractivity contribution is 0.0690. The van der Waals surface area contributed by atoms with Crippen molar-refractivity contribution in [2.75, 3.05) is 25.0 Å². The van der Waals surface area contributed by atoms with Crippen molar-refractivity contribution < 1.29 is 15.0 Å². The maximum atomic E-state index is 11.1. The molecule has 3 aliphatic rings. The zero-order valence-corrected chi connectivity index (χ0v) is 17.8. The van der Waals surface area contributed by atoms with E-state index in [0.717, 1.165) is 48.6 Å².